The van der Waals surface area contributed by atoms with Crippen LogP contribution in [-0.2, 0) is 0 Å². The van der Waals surface area contributed by atoms with Crippen molar-refractivity contribution >= 4 is 0 Å². The van der Waals surface area contributed by atoms with Crippen molar-refractivity contribution in [2.75, 3.05) is 0 Å². The average Bonchev–Trinajstić information content (AvgIpc) is 2.45. The summed E-state index contributed by atoms with van der Waals surface area (Å²) in [7, 11) is 0. The van der Waals surface area contributed by atoms with Gasteiger partial charge >= 0.3 is 0 Å². The molecule has 20 heavy (non-hydrogen) atoms. The molecule has 0 aliphatic carbocycles. The lowest BCUT2D eigenvalue weighted by Crippen LogP contribution is -2.36. The Balaban J connectivity index is 2.31. The largest absolute Gasteiger partial charge is 0.327 e. The number of rotatable bonds is 4. The summed E-state index contributed by atoms with van der Waals surface area (Å²) in [5.74, 6) is 0.367. The minimum Gasteiger partial charge on any atom is -0.327 e. The van der Waals surface area contributed by atoms with Gasteiger partial charge in [0, 0.05) is 12.0 Å². The summed E-state index contributed by atoms with van der Waals surface area (Å²) in [5.41, 5.74) is 9.24. The minimum absolute atomic E-state index is 0.127. The maximum atomic E-state index is 6.43. The highest BCUT2D eigenvalue weighted by atomic mass is 14.7. The lowest BCUT2D eigenvalue weighted by molar-refractivity contribution is 0.298. The van der Waals surface area contributed by atoms with E-state index >= 15 is 0 Å². The lowest BCUT2D eigenvalue weighted by Gasteiger charge is -2.31. The van der Waals surface area contributed by atoms with Gasteiger partial charge in [-0.05, 0) is 23.0 Å². The summed E-state index contributed by atoms with van der Waals surface area (Å²) < 4.78 is 0. The van der Waals surface area contributed by atoms with Crippen LogP contribution in [0.15, 0.2) is 60.7 Å². The molecule has 0 fully saturated rings. The molecule has 0 unspecified atom stereocenters. The zero-order chi connectivity index (χ0) is 14.6. The molecule has 1 atom stereocenters. The monoisotopic (exact) mass is 267 g/mol. The van der Waals surface area contributed by atoms with E-state index in [0.29, 0.717) is 5.92 Å². The third kappa shape index (κ3) is 3.71. The Morgan fingerprint density at radius 1 is 0.800 bits per heavy atom. The minimum atomic E-state index is 0.127. The Morgan fingerprint density at radius 2 is 1.20 bits per heavy atom. The average molecular weight is 267 g/mol. The van der Waals surface area contributed by atoms with Crippen LogP contribution >= 0.6 is 0 Å². The molecule has 0 saturated carbocycles. The first kappa shape index (κ1) is 14.8. The van der Waals surface area contributed by atoms with Gasteiger partial charge in [-0.15, -0.1) is 0 Å². The van der Waals surface area contributed by atoms with E-state index in [0.717, 1.165) is 6.42 Å². The molecule has 1 nitrogen and oxygen atoms in total. The fourth-order valence-electron chi connectivity index (χ4n) is 2.44. The lowest BCUT2D eigenvalue weighted by atomic mass is 9.78. The van der Waals surface area contributed by atoms with Crippen molar-refractivity contribution < 1.29 is 0 Å². The van der Waals surface area contributed by atoms with Crippen molar-refractivity contribution in [2.24, 2.45) is 11.1 Å². The Labute approximate surface area is 122 Å². The van der Waals surface area contributed by atoms with Crippen LogP contribution in [0.25, 0.3) is 0 Å². The van der Waals surface area contributed by atoms with E-state index in [2.05, 4.69) is 81.4 Å². The maximum absolute atomic E-state index is 6.43. The van der Waals surface area contributed by atoms with Crippen molar-refractivity contribution in [2.45, 2.75) is 39.2 Å². The molecule has 0 saturated heterocycles. The molecule has 2 rings (SSSR count). The SMILES string of the molecule is CC(C)(C)[C@@H](N)CC(c1ccccc1)c1ccccc1. The maximum Gasteiger partial charge on any atom is 0.0104 e. The van der Waals surface area contributed by atoms with Crippen molar-refractivity contribution in [3.05, 3.63) is 71.8 Å². The zero-order valence-electron chi connectivity index (χ0n) is 12.7. The molecule has 0 amide bonds. The summed E-state index contributed by atoms with van der Waals surface area (Å²) in [6.07, 6.45) is 0.970. The van der Waals surface area contributed by atoms with Gasteiger partial charge in [0.05, 0.1) is 0 Å². The van der Waals surface area contributed by atoms with Crippen molar-refractivity contribution in [1.29, 1.82) is 0 Å². The number of benzene rings is 2. The molecule has 0 heterocycles. The van der Waals surface area contributed by atoms with Gasteiger partial charge in [-0.25, -0.2) is 0 Å². The molecule has 0 aliphatic heterocycles. The van der Waals surface area contributed by atoms with Gasteiger partial charge in [-0.1, -0.05) is 81.4 Å². The third-order valence-electron chi connectivity index (χ3n) is 4.01. The second-order valence-corrected chi connectivity index (χ2v) is 6.58. The van der Waals surface area contributed by atoms with Crippen LogP contribution in [0, 0.1) is 5.41 Å². The van der Waals surface area contributed by atoms with E-state index in [1.807, 2.05) is 0 Å². The van der Waals surface area contributed by atoms with Crippen LogP contribution in [0.4, 0.5) is 0 Å². The van der Waals surface area contributed by atoms with Crippen LogP contribution in [0.5, 0.6) is 0 Å². The highest BCUT2D eigenvalue weighted by Gasteiger charge is 2.25. The number of hydrogen-bond acceptors (Lipinski definition) is 1. The smallest absolute Gasteiger partial charge is 0.0104 e. The van der Waals surface area contributed by atoms with Crippen molar-refractivity contribution in [3.8, 4) is 0 Å². The fourth-order valence-corrected chi connectivity index (χ4v) is 2.44. The van der Waals surface area contributed by atoms with Gasteiger partial charge < -0.3 is 5.73 Å². The van der Waals surface area contributed by atoms with E-state index in [1.54, 1.807) is 0 Å². The van der Waals surface area contributed by atoms with E-state index < -0.39 is 0 Å². The normalized spacial score (nSPS) is 13.4. The van der Waals surface area contributed by atoms with Crippen LogP contribution < -0.4 is 5.73 Å². The second kappa shape index (κ2) is 6.23. The first-order valence-electron chi connectivity index (χ1n) is 7.34. The Bertz CT molecular complexity index is 471. The summed E-state index contributed by atoms with van der Waals surface area (Å²) in [4.78, 5) is 0. The molecule has 1 heteroatoms. The molecular formula is C19H25N. The van der Waals surface area contributed by atoms with Crippen molar-refractivity contribution in [1.82, 2.24) is 0 Å². The Hall–Kier alpha value is -1.60. The Morgan fingerprint density at radius 3 is 1.55 bits per heavy atom. The first-order chi connectivity index (χ1) is 9.48. The zero-order valence-corrected chi connectivity index (χ0v) is 12.7. The van der Waals surface area contributed by atoms with Crippen LogP contribution in [0.1, 0.15) is 44.2 Å². The molecule has 0 aliphatic rings. The molecule has 2 N–H and O–H groups in total. The predicted octanol–water partition coefficient (Wildman–Crippen LogP) is 4.58. The third-order valence-corrected chi connectivity index (χ3v) is 4.01. The standard InChI is InChI=1S/C19H25N/c1-19(2,3)18(20)14-17(15-10-6-4-7-11-15)16-12-8-5-9-13-16/h4-13,17-18H,14,20H2,1-3H3/t18-/m0/s1. The molecule has 0 radical (unpaired) electrons. The predicted molar refractivity (Wildman–Crippen MR) is 86.8 cm³/mol. The summed E-state index contributed by atoms with van der Waals surface area (Å²) in [6.45, 7) is 6.64. The van der Waals surface area contributed by atoms with Gasteiger partial charge in [0.15, 0.2) is 0 Å². The molecule has 2 aromatic rings. The van der Waals surface area contributed by atoms with Gasteiger partial charge in [0.2, 0.25) is 0 Å². The highest BCUT2D eigenvalue weighted by molar-refractivity contribution is 5.32. The Kier molecular flexibility index (Phi) is 4.61. The van der Waals surface area contributed by atoms with Gasteiger partial charge in [0.1, 0.15) is 0 Å². The van der Waals surface area contributed by atoms with E-state index in [9.17, 15) is 0 Å². The van der Waals surface area contributed by atoms with E-state index in [4.69, 9.17) is 5.73 Å². The van der Waals surface area contributed by atoms with Gasteiger partial charge in [-0.3, -0.25) is 0 Å². The summed E-state index contributed by atoms with van der Waals surface area (Å²) >= 11 is 0. The fraction of sp³-hybridized carbons (Fsp3) is 0.368. The topological polar surface area (TPSA) is 26.0 Å². The number of hydrogen-bond donors (Lipinski definition) is 1. The highest BCUT2D eigenvalue weighted by Crippen LogP contribution is 2.33. The molecule has 2 aromatic carbocycles. The molecule has 106 valence electrons. The van der Waals surface area contributed by atoms with Crippen LogP contribution in [0.2, 0.25) is 0 Å². The van der Waals surface area contributed by atoms with Crippen molar-refractivity contribution in [3.63, 3.8) is 0 Å². The second-order valence-electron chi connectivity index (χ2n) is 6.58. The quantitative estimate of drug-likeness (QED) is 0.862. The molecule has 0 bridgehead atoms. The molecule has 0 aromatic heterocycles. The van der Waals surface area contributed by atoms with Crippen LogP contribution in [0.3, 0.4) is 0 Å². The van der Waals surface area contributed by atoms with E-state index in [1.165, 1.54) is 11.1 Å². The first-order valence-corrected chi connectivity index (χ1v) is 7.34. The van der Waals surface area contributed by atoms with Gasteiger partial charge in [0.25, 0.3) is 0 Å². The number of nitrogens with two attached hydrogens (primary N) is 1. The summed E-state index contributed by atoms with van der Waals surface area (Å²) in [6, 6.07) is 21.5. The van der Waals surface area contributed by atoms with Crippen LogP contribution in [-0.4, -0.2) is 6.04 Å². The molecular weight excluding hydrogens is 242 g/mol. The summed E-state index contributed by atoms with van der Waals surface area (Å²) in [5, 5.41) is 0. The van der Waals surface area contributed by atoms with Gasteiger partial charge in [-0.2, -0.15) is 0 Å². The van der Waals surface area contributed by atoms with E-state index in [-0.39, 0.29) is 11.5 Å². The molecule has 0 spiro atoms.